The molecule has 0 aliphatic carbocycles. The molecule has 0 amide bonds. The van der Waals surface area contributed by atoms with Crippen molar-refractivity contribution in [3.8, 4) is 0 Å². The molecule has 27 heavy (non-hydrogen) atoms. The lowest BCUT2D eigenvalue weighted by molar-refractivity contribution is 0.140. The molecule has 152 valence electrons. The molecule has 1 heterocycles. The van der Waals surface area contributed by atoms with Crippen LogP contribution < -0.4 is 10.6 Å². The highest BCUT2D eigenvalue weighted by Crippen LogP contribution is 2.14. The molecular formula is C22H39N5. The molecule has 1 fully saturated rings. The lowest BCUT2D eigenvalue weighted by Gasteiger charge is -2.33. The van der Waals surface area contributed by atoms with Crippen molar-refractivity contribution in [1.29, 1.82) is 0 Å². The Morgan fingerprint density at radius 1 is 1.07 bits per heavy atom. The Morgan fingerprint density at radius 3 is 2.37 bits per heavy atom. The number of likely N-dealkylation sites (N-methyl/N-ethyl adjacent to an activating group) is 1. The summed E-state index contributed by atoms with van der Waals surface area (Å²) in [6, 6.07) is 8.82. The van der Waals surface area contributed by atoms with Gasteiger partial charge in [0.1, 0.15) is 0 Å². The summed E-state index contributed by atoms with van der Waals surface area (Å²) < 4.78 is 0. The van der Waals surface area contributed by atoms with Gasteiger partial charge in [-0.3, -0.25) is 4.99 Å². The molecule has 0 saturated carbocycles. The summed E-state index contributed by atoms with van der Waals surface area (Å²) in [6.07, 6.45) is 0. The Hall–Kier alpha value is -1.59. The first kappa shape index (κ1) is 21.7. The second-order valence-electron chi connectivity index (χ2n) is 8.12. The fourth-order valence-corrected chi connectivity index (χ4v) is 3.38. The maximum absolute atomic E-state index is 4.83. The van der Waals surface area contributed by atoms with Crippen molar-refractivity contribution in [3.05, 3.63) is 35.4 Å². The van der Waals surface area contributed by atoms with Crippen LogP contribution in [-0.4, -0.2) is 75.2 Å². The van der Waals surface area contributed by atoms with Gasteiger partial charge in [-0.2, -0.15) is 0 Å². The molecule has 1 aromatic rings. The van der Waals surface area contributed by atoms with E-state index in [2.05, 4.69) is 79.4 Å². The van der Waals surface area contributed by atoms with Crippen molar-refractivity contribution in [3.63, 3.8) is 0 Å². The molecule has 0 aromatic heterocycles. The number of rotatable bonds is 8. The molecule has 2 rings (SSSR count). The van der Waals surface area contributed by atoms with E-state index in [9.17, 15) is 0 Å². The summed E-state index contributed by atoms with van der Waals surface area (Å²) in [4.78, 5) is 9.80. The van der Waals surface area contributed by atoms with Crippen LogP contribution in [0.4, 0.5) is 0 Å². The molecule has 1 saturated heterocycles. The predicted molar refractivity (Wildman–Crippen MR) is 117 cm³/mol. The second-order valence-corrected chi connectivity index (χ2v) is 8.12. The summed E-state index contributed by atoms with van der Waals surface area (Å²) in [6.45, 7) is 17.3. The Kier molecular flexibility index (Phi) is 9.08. The second kappa shape index (κ2) is 11.3. The standard InChI is InChI=1S/C22H39N5/c1-6-23-22(25-16-20(4)21-9-7-18(2)8-10-21)24-15-19(3)17-27-13-11-26(5)12-14-27/h7-10,19-20H,6,11-17H2,1-5H3,(H2,23,24,25). The molecular weight excluding hydrogens is 334 g/mol. The maximum atomic E-state index is 4.83. The van der Waals surface area contributed by atoms with Gasteiger partial charge < -0.3 is 20.4 Å². The summed E-state index contributed by atoms with van der Waals surface area (Å²) in [5.41, 5.74) is 2.68. The van der Waals surface area contributed by atoms with Crippen LogP contribution in [0.3, 0.4) is 0 Å². The topological polar surface area (TPSA) is 42.9 Å². The molecule has 0 spiro atoms. The molecule has 2 unspecified atom stereocenters. The van der Waals surface area contributed by atoms with E-state index in [1.807, 2.05) is 0 Å². The smallest absolute Gasteiger partial charge is 0.191 e. The third-order valence-electron chi connectivity index (χ3n) is 5.29. The van der Waals surface area contributed by atoms with Gasteiger partial charge >= 0.3 is 0 Å². The van der Waals surface area contributed by atoms with Crippen LogP contribution in [0.2, 0.25) is 0 Å². The molecule has 5 heteroatoms. The maximum Gasteiger partial charge on any atom is 0.191 e. The lowest BCUT2D eigenvalue weighted by Crippen LogP contribution is -2.46. The van der Waals surface area contributed by atoms with Crippen LogP contribution in [0.1, 0.15) is 37.8 Å². The minimum Gasteiger partial charge on any atom is -0.357 e. The van der Waals surface area contributed by atoms with Crippen molar-refractivity contribution in [2.45, 2.75) is 33.6 Å². The van der Waals surface area contributed by atoms with Gasteiger partial charge in [0.2, 0.25) is 0 Å². The van der Waals surface area contributed by atoms with Gasteiger partial charge in [0.05, 0.1) is 0 Å². The average molecular weight is 374 g/mol. The molecule has 0 bridgehead atoms. The Bertz CT molecular complexity index is 561. The van der Waals surface area contributed by atoms with Gasteiger partial charge in [0.25, 0.3) is 0 Å². The minimum absolute atomic E-state index is 0.456. The zero-order valence-corrected chi connectivity index (χ0v) is 18.0. The largest absolute Gasteiger partial charge is 0.357 e. The van der Waals surface area contributed by atoms with Crippen LogP contribution in [0, 0.1) is 12.8 Å². The van der Waals surface area contributed by atoms with Gasteiger partial charge in [-0.05, 0) is 38.3 Å². The number of nitrogens with zero attached hydrogens (tertiary/aromatic N) is 3. The Balaban J connectivity index is 1.79. The van der Waals surface area contributed by atoms with E-state index < -0.39 is 0 Å². The highest BCUT2D eigenvalue weighted by atomic mass is 15.2. The predicted octanol–water partition coefficient (Wildman–Crippen LogP) is 2.54. The number of aliphatic imine (C=N–C) groups is 1. The zero-order chi connectivity index (χ0) is 19.6. The van der Waals surface area contributed by atoms with E-state index in [0.717, 1.165) is 32.1 Å². The highest BCUT2D eigenvalue weighted by molar-refractivity contribution is 5.79. The Morgan fingerprint density at radius 2 is 1.74 bits per heavy atom. The van der Waals surface area contributed by atoms with Gasteiger partial charge in [-0.15, -0.1) is 0 Å². The first-order valence-electron chi connectivity index (χ1n) is 10.5. The molecule has 2 atom stereocenters. The van der Waals surface area contributed by atoms with Gasteiger partial charge in [-0.1, -0.05) is 43.7 Å². The van der Waals surface area contributed by atoms with Crippen LogP contribution in [-0.2, 0) is 0 Å². The number of hydrogen-bond donors (Lipinski definition) is 2. The minimum atomic E-state index is 0.456. The third-order valence-corrected chi connectivity index (χ3v) is 5.29. The molecule has 5 nitrogen and oxygen atoms in total. The molecule has 0 radical (unpaired) electrons. The highest BCUT2D eigenvalue weighted by Gasteiger charge is 2.16. The fraction of sp³-hybridized carbons (Fsp3) is 0.682. The fourth-order valence-electron chi connectivity index (χ4n) is 3.38. The first-order chi connectivity index (χ1) is 13.0. The van der Waals surface area contributed by atoms with E-state index in [1.165, 1.54) is 37.3 Å². The SMILES string of the molecule is CCNC(=NCC(C)CN1CCN(C)CC1)NCC(C)c1ccc(C)cc1. The van der Waals surface area contributed by atoms with Crippen LogP contribution >= 0.6 is 0 Å². The number of hydrogen-bond acceptors (Lipinski definition) is 3. The van der Waals surface area contributed by atoms with Gasteiger partial charge in [-0.25, -0.2) is 0 Å². The summed E-state index contributed by atoms with van der Waals surface area (Å²) >= 11 is 0. The molecule has 1 aromatic carbocycles. The number of benzene rings is 1. The van der Waals surface area contributed by atoms with Crippen LogP contribution in [0.5, 0.6) is 0 Å². The third kappa shape index (κ3) is 7.89. The van der Waals surface area contributed by atoms with Crippen molar-refractivity contribution < 1.29 is 0 Å². The van der Waals surface area contributed by atoms with E-state index in [-0.39, 0.29) is 0 Å². The van der Waals surface area contributed by atoms with Crippen molar-refractivity contribution in [2.24, 2.45) is 10.9 Å². The number of nitrogens with one attached hydrogen (secondary N) is 2. The first-order valence-corrected chi connectivity index (χ1v) is 10.5. The van der Waals surface area contributed by atoms with Crippen molar-refractivity contribution in [2.75, 3.05) is 59.4 Å². The van der Waals surface area contributed by atoms with Crippen LogP contribution in [0.15, 0.2) is 29.3 Å². The van der Waals surface area contributed by atoms with Gasteiger partial charge in [0.15, 0.2) is 5.96 Å². The van der Waals surface area contributed by atoms with Gasteiger partial charge in [0, 0.05) is 52.4 Å². The van der Waals surface area contributed by atoms with Crippen molar-refractivity contribution >= 4 is 5.96 Å². The monoisotopic (exact) mass is 373 g/mol. The summed E-state index contributed by atoms with van der Waals surface area (Å²) in [5.74, 6) is 1.96. The molecule has 1 aliphatic rings. The lowest BCUT2D eigenvalue weighted by atomic mass is 10.0. The molecule has 1 aliphatic heterocycles. The number of aryl methyl sites for hydroxylation is 1. The van der Waals surface area contributed by atoms with E-state index in [1.54, 1.807) is 0 Å². The molecule has 2 N–H and O–H groups in total. The van der Waals surface area contributed by atoms with E-state index in [4.69, 9.17) is 4.99 Å². The quantitative estimate of drug-likeness (QED) is 0.543. The van der Waals surface area contributed by atoms with Crippen molar-refractivity contribution in [1.82, 2.24) is 20.4 Å². The van der Waals surface area contributed by atoms with E-state index in [0.29, 0.717) is 11.8 Å². The normalized spacial score (nSPS) is 18.9. The summed E-state index contributed by atoms with van der Waals surface area (Å²) in [5, 5.41) is 6.90. The summed E-state index contributed by atoms with van der Waals surface area (Å²) in [7, 11) is 2.21. The Labute approximate surface area is 166 Å². The number of guanidine groups is 1. The average Bonchev–Trinajstić information content (AvgIpc) is 2.66. The van der Waals surface area contributed by atoms with Crippen LogP contribution in [0.25, 0.3) is 0 Å². The number of piperazine rings is 1. The van der Waals surface area contributed by atoms with E-state index >= 15 is 0 Å². The zero-order valence-electron chi connectivity index (χ0n) is 18.0.